The van der Waals surface area contributed by atoms with Crippen LogP contribution in [0.2, 0.25) is 0 Å². The molecule has 2 aromatic carbocycles. The summed E-state index contributed by atoms with van der Waals surface area (Å²) in [6, 6.07) is 14.2. The van der Waals surface area contributed by atoms with E-state index in [2.05, 4.69) is 25.7 Å². The van der Waals surface area contributed by atoms with E-state index in [9.17, 15) is 9.18 Å². The van der Waals surface area contributed by atoms with Crippen molar-refractivity contribution in [2.45, 2.75) is 52.9 Å². The minimum Gasteiger partial charge on any atom is -0.352 e. The van der Waals surface area contributed by atoms with Crippen LogP contribution in [0.25, 0.3) is 16.7 Å². The number of amides is 1. The van der Waals surface area contributed by atoms with Crippen LogP contribution in [0.5, 0.6) is 0 Å². The zero-order chi connectivity index (χ0) is 26.8. The molecule has 0 N–H and O–H groups in total. The molecule has 2 aromatic heterocycles. The van der Waals surface area contributed by atoms with Gasteiger partial charge in [0.25, 0.3) is 5.91 Å². The summed E-state index contributed by atoms with van der Waals surface area (Å²) >= 11 is 0. The van der Waals surface area contributed by atoms with E-state index < -0.39 is 0 Å². The lowest BCUT2D eigenvalue weighted by Gasteiger charge is -2.36. The molecule has 1 aliphatic rings. The molecule has 0 aliphatic carbocycles. The number of anilines is 1. The van der Waals surface area contributed by atoms with Crippen molar-refractivity contribution in [3.05, 3.63) is 77.0 Å². The van der Waals surface area contributed by atoms with Gasteiger partial charge in [0.2, 0.25) is 0 Å². The van der Waals surface area contributed by atoms with Crippen molar-refractivity contribution in [2.75, 3.05) is 31.1 Å². The first-order valence-corrected chi connectivity index (χ1v) is 13.6. The Balaban J connectivity index is 1.47. The number of hydrogen-bond donors (Lipinski definition) is 0. The van der Waals surface area contributed by atoms with Crippen molar-refractivity contribution in [3.63, 3.8) is 0 Å². The Kier molecular flexibility index (Phi) is 7.40. The topological polar surface area (TPSA) is 67.2 Å². The van der Waals surface area contributed by atoms with Crippen LogP contribution >= 0.6 is 0 Å². The molecule has 1 aliphatic heterocycles. The molecule has 0 spiro atoms. The summed E-state index contributed by atoms with van der Waals surface area (Å²) in [5.41, 5.74) is 4.26. The number of piperazine rings is 1. The summed E-state index contributed by atoms with van der Waals surface area (Å²) in [5, 5.41) is 5.69. The Labute approximate surface area is 223 Å². The fourth-order valence-electron chi connectivity index (χ4n) is 5.14. The fourth-order valence-corrected chi connectivity index (χ4v) is 5.14. The standard InChI is InChI=1S/C30H35FN6O/c1-5-7-20(3)27-32-28(26-21(4)34-37(29(26)33-27)25-14-12-24(31)13-15-25)35-16-18-36(19-17-35)30(38)23-10-8-22(6-2)9-11-23/h8-15,20H,5-7,16-19H2,1-4H3. The molecular formula is C30H35FN6O. The van der Waals surface area contributed by atoms with Gasteiger partial charge in [0.15, 0.2) is 5.65 Å². The number of rotatable bonds is 7. The fraction of sp³-hybridized carbons (Fsp3) is 0.400. The van der Waals surface area contributed by atoms with Crippen molar-refractivity contribution in [3.8, 4) is 5.69 Å². The number of halogens is 1. The Morgan fingerprint density at radius 2 is 1.66 bits per heavy atom. The van der Waals surface area contributed by atoms with E-state index in [1.807, 2.05) is 36.1 Å². The Morgan fingerprint density at radius 1 is 0.974 bits per heavy atom. The second-order valence-corrected chi connectivity index (χ2v) is 10.1. The molecule has 38 heavy (non-hydrogen) atoms. The average molecular weight is 515 g/mol. The number of hydrogen-bond acceptors (Lipinski definition) is 5. The molecule has 3 heterocycles. The first-order chi connectivity index (χ1) is 18.4. The first kappa shape index (κ1) is 25.8. The lowest BCUT2D eigenvalue weighted by atomic mass is 10.1. The van der Waals surface area contributed by atoms with Crippen LogP contribution in [0.4, 0.5) is 10.2 Å². The van der Waals surface area contributed by atoms with E-state index in [0.29, 0.717) is 26.2 Å². The minimum atomic E-state index is -0.289. The van der Waals surface area contributed by atoms with Crippen LogP contribution in [0.15, 0.2) is 48.5 Å². The van der Waals surface area contributed by atoms with E-state index in [-0.39, 0.29) is 17.6 Å². The predicted molar refractivity (Wildman–Crippen MR) is 149 cm³/mol. The van der Waals surface area contributed by atoms with Crippen molar-refractivity contribution in [1.29, 1.82) is 0 Å². The number of fused-ring (bicyclic) bond motifs is 1. The van der Waals surface area contributed by atoms with Crippen molar-refractivity contribution >= 4 is 22.8 Å². The predicted octanol–water partition coefficient (Wildman–Crippen LogP) is 5.69. The average Bonchev–Trinajstić information content (AvgIpc) is 3.29. The third kappa shape index (κ3) is 4.99. The van der Waals surface area contributed by atoms with Crippen LogP contribution in [-0.2, 0) is 6.42 Å². The second-order valence-electron chi connectivity index (χ2n) is 10.1. The van der Waals surface area contributed by atoms with Gasteiger partial charge in [-0.3, -0.25) is 4.79 Å². The molecule has 1 unspecified atom stereocenters. The number of aromatic nitrogens is 4. The molecule has 4 aromatic rings. The maximum atomic E-state index is 13.6. The summed E-state index contributed by atoms with van der Waals surface area (Å²) < 4.78 is 15.4. The van der Waals surface area contributed by atoms with Gasteiger partial charge in [-0.25, -0.2) is 19.0 Å². The molecule has 8 heteroatoms. The molecule has 1 amide bonds. The number of carbonyl (C=O) groups is 1. The summed E-state index contributed by atoms with van der Waals surface area (Å²) in [4.78, 5) is 27.4. The van der Waals surface area contributed by atoms with Gasteiger partial charge in [-0.05, 0) is 61.7 Å². The third-order valence-corrected chi connectivity index (χ3v) is 7.41. The highest BCUT2D eigenvalue weighted by Gasteiger charge is 2.27. The highest BCUT2D eigenvalue weighted by molar-refractivity contribution is 5.95. The Hall–Kier alpha value is -3.81. The van der Waals surface area contributed by atoms with Crippen LogP contribution in [0, 0.1) is 12.7 Å². The van der Waals surface area contributed by atoms with Gasteiger partial charge in [0.1, 0.15) is 17.5 Å². The maximum Gasteiger partial charge on any atom is 0.253 e. The van der Waals surface area contributed by atoms with Crippen molar-refractivity contribution in [1.82, 2.24) is 24.6 Å². The number of carbonyl (C=O) groups excluding carboxylic acids is 1. The van der Waals surface area contributed by atoms with Gasteiger partial charge in [-0.1, -0.05) is 39.3 Å². The van der Waals surface area contributed by atoms with Gasteiger partial charge in [-0.2, -0.15) is 5.10 Å². The zero-order valence-electron chi connectivity index (χ0n) is 22.6. The molecule has 1 fully saturated rings. The summed E-state index contributed by atoms with van der Waals surface area (Å²) in [5.74, 6) is 1.61. The number of aryl methyl sites for hydroxylation is 2. The van der Waals surface area contributed by atoms with Crippen LogP contribution < -0.4 is 4.90 Å². The van der Waals surface area contributed by atoms with Gasteiger partial charge < -0.3 is 9.80 Å². The molecule has 1 atom stereocenters. The van der Waals surface area contributed by atoms with Gasteiger partial charge >= 0.3 is 0 Å². The number of benzene rings is 2. The molecule has 0 bridgehead atoms. The maximum absolute atomic E-state index is 13.6. The van der Waals surface area contributed by atoms with Gasteiger partial charge in [0.05, 0.1) is 16.8 Å². The summed E-state index contributed by atoms with van der Waals surface area (Å²) in [6.45, 7) is 11.0. The summed E-state index contributed by atoms with van der Waals surface area (Å²) in [7, 11) is 0. The molecular weight excluding hydrogens is 479 g/mol. The Morgan fingerprint density at radius 3 is 2.29 bits per heavy atom. The van der Waals surface area contributed by atoms with E-state index in [0.717, 1.165) is 58.9 Å². The van der Waals surface area contributed by atoms with Crippen LogP contribution in [0.3, 0.4) is 0 Å². The largest absolute Gasteiger partial charge is 0.352 e. The normalized spacial score (nSPS) is 14.8. The monoisotopic (exact) mass is 514 g/mol. The lowest BCUT2D eigenvalue weighted by molar-refractivity contribution is 0.0746. The molecule has 0 radical (unpaired) electrons. The summed E-state index contributed by atoms with van der Waals surface area (Å²) in [6.07, 6.45) is 2.97. The van der Waals surface area contributed by atoms with E-state index in [4.69, 9.17) is 15.1 Å². The Bertz CT molecular complexity index is 1420. The molecule has 5 rings (SSSR count). The lowest BCUT2D eigenvalue weighted by Crippen LogP contribution is -2.49. The SMILES string of the molecule is CCCC(C)c1nc(N2CCN(C(=O)c3ccc(CC)cc3)CC2)c2c(C)nn(-c3ccc(F)cc3)c2n1. The van der Waals surface area contributed by atoms with E-state index in [1.165, 1.54) is 17.7 Å². The molecule has 198 valence electrons. The third-order valence-electron chi connectivity index (χ3n) is 7.41. The van der Waals surface area contributed by atoms with Crippen molar-refractivity contribution in [2.24, 2.45) is 0 Å². The van der Waals surface area contributed by atoms with Gasteiger partial charge in [-0.15, -0.1) is 0 Å². The number of nitrogens with zero attached hydrogens (tertiary/aromatic N) is 6. The van der Waals surface area contributed by atoms with E-state index >= 15 is 0 Å². The smallest absolute Gasteiger partial charge is 0.253 e. The molecule has 1 saturated heterocycles. The highest BCUT2D eigenvalue weighted by Crippen LogP contribution is 2.32. The zero-order valence-corrected chi connectivity index (χ0v) is 22.6. The molecule has 0 saturated carbocycles. The van der Waals surface area contributed by atoms with Crippen LogP contribution in [-0.4, -0.2) is 56.7 Å². The highest BCUT2D eigenvalue weighted by atomic mass is 19.1. The van der Waals surface area contributed by atoms with Gasteiger partial charge in [0, 0.05) is 37.7 Å². The quantitative estimate of drug-likeness (QED) is 0.317. The van der Waals surface area contributed by atoms with E-state index in [1.54, 1.807) is 16.8 Å². The minimum absolute atomic E-state index is 0.0673. The first-order valence-electron chi connectivity index (χ1n) is 13.6. The molecule has 7 nitrogen and oxygen atoms in total. The van der Waals surface area contributed by atoms with Crippen LogP contribution in [0.1, 0.15) is 67.0 Å². The second kappa shape index (κ2) is 10.9. The van der Waals surface area contributed by atoms with Crippen molar-refractivity contribution < 1.29 is 9.18 Å².